The normalized spacial score (nSPS) is 14.2. The number of hydrogen-bond donors (Lipinski definition) is 1. The Bertz CT molecular complexity index is 475. The van der Waals surface area contributed by atoms with Crippen molar-refractivity contribution in [1.29, 1.82) is 0 Å². The Balaban J connectivity index is 1.95. The monoisotopic (exact) mass is 296 g/mol. The zero-order chi connectivity index (χ0) is 14.5. The Morgan fingerprint density at radius 2 is 2.25 bits per heavy atom. The maximum Gasteiger partial charge on any atom is 0.260 e. The zero-order valence-electron chi connectivity index (χ0n) is 12.0. The molecule has 1 aliphatic carbocycles. The molecule has 1 amide bonds. The van der Waals surface area contributed by atoms with Gasteiger partial charge < -0.3 is 15.0 Å². The summed E-state index contributed by atoms with van der Waals surface area (Å²) >= 11 is 6.00. The molecule has 20 heavy (non-hydrogen) atoms. The minimum atomic E-state index is 0.0249. The second-order valence-corrected chi connectivity index (χ2v) is 5.49. The zero-order valence-corrected chi connectivity index (χ0v) is 12.7. The number of nitrogens with zero attached hydrogens (tertiary/aromatic N) is 1. The molecule has 2 rings (SSSR count). The standard InChI is InChI=1S/C15H21ClN2O2/c1-3-17-9-11-8-12(16)4-7-14(11)20-10-15(19)18(2)13-5-6-13/h4,7-8,13,17H,3,5-6,9-10H2,1-2H3. The molecule has 1 aromatic carbocycles. The number of benzene rings is 1. The van der Waals surface area contributed by atoms with Crippen molar-refractivity contribution in [2.24, 2.45) is 0 Å². The van der Waals surface area contributed by atoms with Gasteiger partial charge in [0.2, 0.25) is 0 Å². The molecule has 1 aliphatic rings. The lowest BCUT2D eigenvalue weighted by Crippen LogP contribution is -2.33. The largest absolute Gasteiger partial charge is 0.483 e. The van der Waals surface area contributed by atoms with Crippen LogP contribution in [0, 0.1) is 0 Å². The molecule has 1 fully saturated rings. The van der Waals surface area contributed by atoms with Crippen molar-refractivity contribution in [2.45, 2.75) is 32.4 Å². The van der Waals surface area contributed by atoms with Gasteiger partial charge in [-0.15, -0.1) is 0 Å². The molecule has 0 radical (unpaired) electrons. The summed E-state index contributed by atoms with van der Waals surface area (Å²) in [6.07, 6.45) is 2.21. The van der Waals surface area contributed by atoms with Crippen LogP contribution in [-0.4, -0.2) is 37.0 Å². The molecule has 0 saturated heterocycles. The molecule has 1 saturated carbocycles. The number of carbonyl (C=O) groups is 1. The fourth-order valence-corrected chi connectivity index (χ4v) is 2.19. The molecular weight excluding hydrogens is 276 g/mol. The van der Waals surface area contributed by atoms with E-state index in [4.69, 9.17) is 16.3 Å². The van der Waals surface area contributed by atoms with Gasteiger partial charge in [0, 0.05) is 30.2 Å². The van der Waals surface area contributed by atoms with E-state index in [1.165, 1.54) is 0 Å². The topological polar surface area (TPSA) is 41.6 Å². The summed E-state index contributed by atoms with van der Waals surface area (Å²) in [5, 5.41) is 3.91. The molecule has 110 valence electrons. The predicted molar refractivity (Wildman–Crippen MR) is 80.1 cm³/mol. The number of nitrogens with one attached hydrogen (secondary N) is 1. The number of likely N-dealkylation sites (N-methyl/N-ethyl adjacent to an activating group) is 1. The molecule has 0 spiro atoms. The Labute approximate surface area is 125 Å². The third kappa shape index (κ3) is 4.12. The van der Waals surface area contributed by atoms with E-state index in [2.05, 4.69) is 5.32 Å². The SMILES string of the molecule is CCNCc1cc(Cl)ccc1OCC(=O)N(C)C1CC1. The van der Waals surface area contributed by atoms with E-state index in [0.717, 1.165) is 24.9 Å². The van der Waals surface area contributed by atoms with Crippen molar-refractivity contribution >= 4 is 17.5 Å². The van der Waals surface area contributed by atoms with Crippen LogP contribution >= 0.6 is 11.6 Å². The van der Waals surface area contributed by atoms with Gasteiger partial charge in [0.25, 0.3) is 5.91 Å². The molecule has 4 nitrogen and oxygen atoms in total. The lowest BCUT2D eigenvalue weighted by atomic mass is 10.2. The number of carbonyl (C=O) groups excluding carboxylic acids is 1. The van der Waals surface area contributed by atoms with E-state index in [9.17, 15) is 4.79 Å². The number of rotatable bonds is 7. The molecule has 0 aromatic heterocycles. The van der Waals surface area contributed by atoms with E-state index in [-0.39, 0.29) is 12.5 Å². The van der Waals surface area contributed by atoms with Crippen LogP contribution in [0.5, 0.6) is 5.75 Å². The first kappa shape index (κ1) is 15.1. The van der Waals surface area contributed by atoms with Gasteiger partial charge in [-0.2, -0.15) is 0 Å². The summed E-state index contributed by atoms with van der Waals surface area (Å²) < 4.78 is 5.66. The second kappa shape index (κ2) is 6.95. The average molecular weight is 297 g/mol. The first-order valence-corrected chi connectivity index (χ1v) is 7.37. The smallest absolute Gasteiger partial charge is 0.260 e. The van der Waals surface area contributed by atoms with Crippen LogP contribution in [0.2, 0.25) is 5.02 Å². The highest BCUT2D eigenvalue weighted by atomic mass is 35.5. The van der Waals surface area contributed by atoms with Gasteiger partial charge in [-0.1, -0.05) is 18.5 Å². The number of hydrogen-bond acceptors (Lipinski definition) is 3. The van der Waals surface area contributed by atoms with E-state index in [1.807, 2.05) is 26.1 Å². The summed E-state index contributed by atoms with van der Waals surface area (Å²) in [4.78, 5) is 13.7. The van der Waals surface area contributed by atoms with Crippen molar-refractivity contribution in [3.63, 3.8) is 0 Å². The molecule has 1 aromatic rings. The van der Waals surface area contributed by atoms with Gasteiger partial charge in [-0.25, -0.2) is 0 Å². The highest BCUT2D eigenvalue weighted by molar-refractivity contribution is 6.30. The van der Waals surface area contributed by atoms with Crippen LogP contribution in [0.4, 0.5) is 0 Å². The highest BCUT2D eigenvalue weighted by Gasteiger charge is 2.29. The van der Waals surface area contributed by atoms with Gasteiger partial charge in [0.15, 0.2) is 6.61 Å². The molecule has 0 aliphatic heterocycles. The van der Waals surface area contributed by atoms with Crippen molar-refractivity contribution in [1.82, 2.24) is 10.2 Å². The van der Waals surface area contributed by atoms with Gasteiger partial charge in [-0.05, 0) is 37.6 Å². The molecule has 0 unspecified atom stereocenters. The minimum Gasteiger partial charge on any atom is -0.483 e. The molecule has 0 heterocycles. The Morgan fingerprint density at radius 1 is 1.50 bits per heavy atom. The highest BCUT2D eigenvalue weighted by Crippen LogP contribution is 2.26. The van der Waals surface area contributed by atoms with Gasteiger partial charge >= 0.3 is 0 Å². The lowest BCUT2D eigenvalue weighted by Gasteiger charge is -2.17. The van der Waals surface area contributed by atoms with E-state index < -0.39 is 0 Å². The van der Waals surface area contributed by atoms with Crippen molar-refractivity contribution in [3.05, 3.63) is 28.8 Å². The maximum atomic E-state index is 11.9. The summed E-state index contributed by atoms with van der Waals surface area (Å²) in [6.45, 7) is 3.67. The second-order valence-electron chi connectivity index (χ2n) is 5.06. The van der Waals surface area contributed by atoms with Crippen molar-refractivity contribution in [3.8, 4) is 5.75 Å². The van der Waals surface area contributed by atoms with Crippen LogP contribution in [0.1, 0.15) is 25.3 Å². The van der Waals surface area contributed by atoms with Gasteiger partial charge in [-0.3, -0.25) is 4.79 Å². The number of amides is 1. The quantitative estimate of drug-likeness (QED) is 0.840. The average Bonchev–Trinajstić information content (AvgIpc) is 3.27. The number of ether oxygens (including phenoxy) is 1. The van der Waals surface area contributed by atoms with Crippen LogP contribution in [0.3, 0.4) is 0 Å². The van der Waals surface area contributed by atoms with Crippen LogP contribution < -0.4 is 10.1 Å². The molecule has 5 heteroatoms. The van der Waals surface area contributed by atoms with E-state index in [0.29, 0.717) is 23.4 Å². The maximum absolute atomic E-state index is 11.9. The summed E-state index contributed by atoms with van der Waals surface area (Å²) in [5.74, 6) is 0.741. The Morgan fingerprint density at radius 3 is 2.90 bits per heavy atom. The van der Waals surface area contributed by atoms with Crippen molar-refractivity contribution in [2.75, 3.05) is 20.2 Å². The fraction of sp³-hybridized carbons (Fsp3) is 0.533. The first-order valence-electron chi connectivity index (χ1n) is 6.99. The predicted octanol–water partition coefficient (Wildman–Crippen LogP) is 2.45. The molecule has 0 atom stereocenters. The van der Waals surface area contributed by atoms with Crippen LogP contribution in [-0.2, 0) is 11.3 Å². The lowest BCUT2D eigenvalue weighted by molar-refractivity contribution is -0.132. The van der Waals surface area contributed by atoms with Crippen LogP contribution in [0.25, 0.3) is 0 Å². The summed E-state index contributed by atoms with van der Waals surface area (Å²) in [6, 6.07) is 5.88. The Kier molecular flexibility index (Phi) is 5.26. The third-order valence-electron chi connectivity index (χ3n) is 3.43. The number of halogens is 1. The van der Waals surface area contributed by atoms with Gasteiger partial charge in [0.1, 0.15) is 5.75 Å². The molecular formula is C15H21ClN2O2. The van der Waals surface area contributed by atoms with Gasteiger partial charge in [0.05, 0.1) is 0 Å². The first-order chi connectivity index (χ1) is 9.61. The molecule has 0 bridgehead atoms. The van der Waals surface area contributed by atoms with E-state index >= 15 is 0 Å². The van der Waals surface area contributed by atoms with E-state index in [1.54, 1.807) is 11.0 Å². The minimum absolute atomic E-state index is 0.0249. The van der Waals surface area contributed by atoms with Crippen molar-refractivity contribution < 1.29 is 9.53 Å². The summed E-state index contributed by atoms with van der Waals surface area (Å²) in [7, 11) is 1.84. The molecule has 1 N–H and O–H groups in total. The van der Waals surface area contributed by atoms with Crippen LogP contribution in [0.15, 0.2) is 18.2 Å². The summed E-state index contributed by atoms with van der Waals surface area (Å²) in [5.41, 5.74) is 0.973. The fourth-order valence-electron chi connectivity index (χ4n) is 1.99. The third-order valence-corrected chi connectivity index (χ3v) is 3.66. The Hall–Kier alpha value is -1.26.